The summed E-state index contributed by atoms with van der Waals surface area (Å²) >= 11 is 0. The smallest absolute Gasteiger partial charge is 0.226 e. The van der Waals surface area contributed by atoms with Crippen LogP contribution in [0, 0.1) is 12.7 Å². The standard InChI is InChI=1S/C23H27FN4O/c1-16-21-14-18(24)7-10-22(21)27-23(26-16)28-12-3-4-19(11-13-28)25-15-17-5-8-20(29-2)9-6-17/h5-10,14,19,25H,3-4,11-13,15H2,1-2H3/t19-/m0/s1. The highest BCUT2D eigenvalue weighted by molar-refractivity contribution is 5.81. The second-order valence-corrected chi connectivity index (χ2v) is 7.61. The summed E-state index contributed by atoms with van der Waals surface area (Å²) in [6, 6.07) is 13.4. The molecular formula is C23H27FN4O. The van der Waals surface area contributed by atoms with E-state index in [4.69, 9.17) is 9.72 Å². The fourth-order valence-corrected chi connectivity index (χ4v) is 3.89. The fraction of sp³-hybridized carbons (Fsp3) is 0.391. The Kier molecular flexibility index (Phi) is 5.90. The SMILES string of the molecule is COc1ccc(CN[C@H]2CCCN(c3nc(C)c4cc(F)ccc4n3)CC2)cc1. The van der Waals surface area contributed by atoms with Gasteiger partial charge in [-0.05, 0) is 62.1 Å². The summed E-state index contributed by atoms with van der Waals surface area (Å²) in [5, 5.41) is 4.46. The number of nitrogens with one attached hydrogen (secondary N) is 1. The first-order valence-corrected chi connectivity index (χ1v) is 10.2. The topological polar surface area (TPSA) is 50.3 Å². The molecule has 2 heterocycles. The molecule has 5 nitrogen and oxygen atoms in total. The average molecular weight is 394 g/mol. The van der Waals surface area contributed by atoms with Gasteiger partial charge in [0.15, 0.2) is 0 Å². The van der Waals surface area contributed by atoms with E-state index in [0.29, 0.717) is 6.04 Å². The third-order valence-electron chi connectivity index (χ3n) is 5.60. The highest BCUT2D eigenvalue weighted by Gasteiger charge is 2.19. The monoisotopic (exact) mass is 394 g/mol. The quantitative estimate of drug-likeness (QED) is 0.702. The van der Waals surface area contributed by atoms with Gasteiger partial charge in [-0.25, -0.2) is 14.4 Å². The molecule has 0 bridgehead atoms. The fourth-order valence-electron chi connectivity index (χ4n) is 3.89. The van der Waals surface area contributed by atoms with Crippen molar-refractivity contribution in [3.05, 3.63) is 59.5 Å². The summed E-state index contributed by atoms with van der Waals surface area (Å²) in [6.07, 6.45) is 3.26. The van der Waals surface area contributed by atoms with Gasteiger partial charge in [0.05, 0.1) is 18.3 Å². The second kappa shape index (κ2) is 8.74. The van der Waals surface area contributed by atoms with Gasteiger partial charge in [-0.1, -0.05) is 12.1 Å². The van der Waals surface area contributed by atoms with Gasteiger partial charge in [0.2, 0.25) is 5.95 Å². The van der Waals surface area contributed by atoms with E-state index in [9.17, 15) is 4.39 Å². The van der Waals surface area contributed by atoms with E-state index in [1.54, 1.807) is 13.2 Å². The normalized spacial score (nSPS) is 17.3. The molecule has 1 fully saturated rings. The van der Waals surface area contributed by atoms with Crippen LogP contribution in [-0.2, 0) is 6.54 Å². The van der Waals surface area contributed by atoms with Gasteiger partial charge in [0.25, 0.3) is 0 Å². The first kappa shape index (κ1) is 19.6. The van der Waals surface area contributed by atoms with Crippen LogP contribution in [0.1, 0.15) is 30.5 Å². The number of aromatic nitrogens is 2. The summed E-state index contributed by atoms with van der Waals surface area (Å²) in [4.78, 5) is 11.6. The van der Waals surface area contributed by atoms with Crippen molar-refractivity contribution in [1.82, 2.24) is 15.3 Å². The van der Waals surface area contributed by atoms with Crippen molar-refractivity contribution >= 4 is 16.9 Å². The Balaban J connectivity index is 1.39. The molecule has 0 saturated carbocycles. The minimum absolute atomic E-state index is 0.252. The molecule has 1 aliphatic heterocycles. The number of aryl methyl sites for hydroxylation is 1. The first-order valence-electron chi connectivity index (χ1n) is 10.2. The Morgan fingerprint density at radius 3 is 2.72 bits per heavy atom. The molecule has 6 heteroatoms. The molecule has 4 rings (SSSR count). The van der Waals surface area contributed by atoms with Crippen molar-refractivity contribution in [2.75, 3.05) is 25.1 Å². The van der Waals surface area contributed by atoms with Crippen molar-refractivity contribution in [2.24, 2.45) is 0 Å². The molecule has 0 unspecified atom stereocenters. The Bertz CT molecular complexity index is 977. The van der Waals surface area contributed by atoms with Crippen LogP contribution in [0.3, 0.4) is 0 Å². The van der Waals surface area contributed by atoms with Crippen molar-refractivity contribution in [2.45, 2.75) is 38.8 Å². The zero-order valence-corrected chi connectivity index (χ0v) is 17.0. The highest BCUT2D eigenvalue weighted by Crippen LogP contribution is 2.22. The predicted octanol–water partition coefficient (Wildman–Crippen LogP) is 4.23. The largest absolute Gasteiger partial charge is 0.497 e. The molecule has 2 aromatic carbocycles. The molecule has 1 atom stereocenters. The number of anilines is 1. The lowest BCUT2D eigenvalue weighted by Gasteiger charge is -2.21. The van der Waals surface area contributed by atoms with E-state index in [1.165, 1.54) is 17.7 Å². The van der Waals surface area contributed by atoms with Crippen molar-refractivity contribution in [3.63, 3.8) is 0 Å². The maximum Gasteiger partial charge on any atom is 0.226 e. The van der Waals surface area contributed by atoms with Crippen LogP contribution >= 0.6 is 0 Å². The molecule has 0 amide bonds. The zero-order valence-electron chi connectivity index (χ0n) is 17.0. The third kappa shape index (κ3) is 4.65. The van der Waals surface area contributed by atoms with Gasteiger partial charge >= 0.3 is 0 Å². The Morgan fingerprint density at radius 2 is 1.93 bits per heavy atom. The van der Waals surface area contributed by atoms with Gasteiger partial charge < -0.3 is 15.0 Å². The van der Waals surface area contributed by atoms with Crippen LogP contribution < -0.4 is 15.0 Å². The van der Waals surface area contributed by atoms with E-state index in [0.717, 1.165) is 67.2 Å². The van der Waals surface area contributed by atoms with Crippen molar-refractivity contribution in [3.8, 4) is 5.75 Å². The number of hydrogen-bond acceptors (Lipinski definition) is 5. The van der Waals surface area contributed by atoms with Gasteiger partial charge in [0, 0.05) is 31.1 Å². The Hall–Kier alpha value is -2.73. The lowest BCUT2D eigenvalue weighted by atomic mass is 10.1. The summed E-state index contributed by atoms with van der Waals surface area (Å²) < 4.78 is 18.7. The van der Waals surface area contributed by atoms with Gasteiger partial charge in [-0.15, -0.1) is 0 Å². The summed E-state index contributed by atoms with van der Waals surface area (Å²) in [7, 11) is 1.68. The molecule has 3 aromatic rings. The lowest BCUT2D eigenvalue weighted by Crippen LogP contribution is -2.31. The Labute approximate surface area is 170 Å². The molecule has 1 saturated heterocycles. The van der Waals surface area contributed by atoms with E-state index in [-0.39, 0.29) is 5.82 Å². The lowest BCUT2D eigenvalue weighted by molar-refractivity contribution is 0.414. The second-order valence-electron chi connectivity index (χ2n) is 7.61. The van der Waals surface area contributed by atoms with Gasteiger partial charge in [-0.2, -0.15) is 0 Å². The van der Waals surface area contributed by atoms with Crippen LogP contribution in [0.4, 0.5) is 10.3 Å². The molecule has 1 aliphatic rings. The number of methoxy groups -OCH3 is 1. The van der Waals surface area contributed by atoms with Crippen LogP contribution in [0.15, 0.2) is 42.5 Å². The molecule has 0 spiro atoms. The number of rotatable bonds is 5. The maximum atomic E-state index is 13.5. The number of halogens is 1. The van der Waals surface area contributed by atoms with Crippen LogP contribution in [0.25, 0.3) is 10.9 Å². The van der Waals surface area contributed by atoms with Crippen LogP contribution in [0.2, 0.25) is 0 Å². The zero-order chi connectivity index (χ0) is 20.2. The van der Waals surface area contributed by atoms with Gasteiger partial charge in [0.1, 0.15) is 11.6 Å². The summed E-state index contributed by atoms with van der Waals surface area (Å²) in [5.74, 6) is 1.38. The average Bonchev–Trinajstić information content (AvgIpc) is 2.99. The number of fused-ring (bicyclic) bond motifs is 1. The summed E-state index contributed by atoms with van der Waals surface area (Å²) in [5.41, 5.74) is 2.88. The maximum absolute atomic E-state index is 13.5. The molecule has 1 aromatic heterocycles. The third-order valence-corrected chi connectivity index (χ3v) is 5.60. The Morgan fingerprint density at radius 1 is 1.10 bits per heavy atom. The number of nitrogens with zero attached hydrogens (tertiary/aromatic N) is 3. The molecule has 1 N–H and O–H groups in total. The molecule has 0 radical (unpaired) electrons. The molecule has 29 heavy (non-hydrogen) atoms. The predicted molar refractivity (Wildman–Crippen MR) is 114 cm³/mol. The van der Waals surface area contributed by atoms with Crippen LogP contribution in [0.5, 0.6) is 5.75 Å². The van der Waals surface area contributed by atoms with E-state index >= 15 is 0 Å². The van der Waals surface area contributed by atoms with Crippen molar-refractivity contribution in [1.29, 1.82) is 0 Å². The molecule has 152 valence electrons. The first-order chi connectivity index (χ1) is 14.1. The highest BCUT2D eigenvalue weighted by atomic mass is 19.1. The van der Waals surface area contributed by atoms with E-state index in [2.05, 4.69) is 27.3 Å². The number of ether oxygens (including phenoxy) is 1. The number of benzene rings is 2. The minimum Gasteiger partial charge on any atom is -0.497 e. The molecular weight excluding hydrogens is 367 g/mol. The van der Waals surface area contributed by atoms with E-state index in [1.807, 2.05) is 19.1 Å². The van der Waals surface area contributed by atoms with Crippen molar-refractivity contribution < 1.29 is 9.13 Å². The minimum atomic E-state index is -0.252. The van der Waals surface area contributed by atoms with Gasteiger partial charge in [-0.3, -0.25) is 0 Å². The number of hydrogen-bond donors (Lipinski definition) is 1. The molecule has 0 aliphatic carbocycles. The van der Waals surface area contributed by atoms with Crippen LogP contribution in [-0.4, -0.2) is 36.2 Å². The summed E-state index contributed by atoms with van der Waals surface area (Å²) in [6.45, 7) is 4.62. The van der Waals surface area contributed by atoms with E-state index < -0.39 is 0 Å².